The smallest absolute Gasteiger partial charge is 0.307 e. The molecule has 34 heavy (non-hydrogen) atoms. The Morgan fingerprint density at radius 3 is 2.53 bits per heavy atom. The van der Waals surface area contributed by atoms with Gasteiger partial charge in [0.1, 0.15) is 11.9 Å². The highest BCUT2D eigenvalue weighted by molar-refractivity contribution is 6.04. The number of hydrogen-bond acceptors (Lipinski definition) is 5. The van der Waals surface area contributed by atoms with Gasteiger partial charge in [-0.15, -0.1) is 0 Å². The average Bonchev–Trinajstić information content (AvgIpc) is 2.85. The topological polar surface area (TPSA) is 99.7 Å². The third kappa shape index (κ3) is 6.38. The van der Waals surface area contributed by atoms with E-state index in [9.17, 15) is 14.7 Å². The zero-order valence-electron chi connectivity index (χ0n) is 18.7. The number of aliphatic carboxylic acids is 1. The first-order valence-electron chi connectivity index (χ1n) is 11.2. The standard InChI is InChI=1S/C27H27N3O4/c31-26(32)18-24(19-8-2-1-3-9-19)34-23-13-7-12-22(17-23)30-27(33)20-10-6-11-21(16-20)29-25-14-4-5-15-28-25/h1-3,6-14,16-17,24,28-29H,4-5,15,18H2,(H,30,33)(H,31,32). The van der Waals surface area contributed by atoms with Gasteiger partial charge in [0.2, 0.25) is 0 Å². The minimum Gasteiger partial charge on any atom is -0.485 e. The van der Waals surface area contributed by atoms with Gasteiger partial charge in [0.25, 0.3) is 5.91 Å². The van der Waals surface area contributed by atoms with Gasteiger partial charge in [0.05, 0.1) is 12.2 Å². The predicted octanol–water partition coefficient (Wildman–Crippen LogP) is 5.17. The summed E-state index contributed by atoms with van der Waals surface area (Å²) in [5.41, 5.74) is 2.66. The Balaban J connectivity index is 1.44. The number of benzene rings is 3. The van der Waals surface area contributed by atoms with E-state index in [0.717, 1.165) is 36.5 Å². The van der Waals surface area contributed by atoms with E-state index in [0.29, 0.717) is 17.0 Å². The van der Waals surface area contributed by atoms with Gasteiger partial charge in [0.15, 0.2) is 0 Å². The monoisotopic (exact) mass is 457 g/mol. The van der Waals surface area contributed by atoms with Crippen molar-refractivity contribution in [2.24, 2.45) is 0 Å². The van der Waals surface area contributed by atoms with E-state index in [1.54, 1.807) is 36.4 Å². The lowest BCUT2D eigenvalue weighted by Crippen LogP contribution is -2.24. The highest BCUT2D eigenvalue weighted by atomic mass is 16.5. The molecule has 1 amide bonds. The second-order valence-corrected chi connectivity index (χ2v) is 7.99. The van der Waals surface area contributed by atoms with E-state index in [1.807, 2.05) is 42.5 Å². The fraction of sp³-hybridized carbons (Fsp3) is 0.185. The highest BCUT2D eigenvalue weighted by Crippen LogP contribution is 2.27. The molecule has 1 atom stereocenters. The first-order valence-corrected chi connectivity index (χ1v) is 11.2. The molecule has 0 saturated carbocycles. The number of amides is 1. The summed E-state index contributed by atoms with van der Waals surface area (Å²) >= 11 is 0. The number of allylic oxidation sites excluding steroid dienone is 1. The van der Waals surface area contributed by atoms with Gasteiger partial charge >= 0.3 is 5.97 Å². The molecule has 174 valence electrons. The zero-order valence-corrected chi connectivity index (χ0v) is 18.7. The van der Waals surface area contributed by atoms with Gasteiger partial charge in [-0.25, -0.2) is 0 Å². The fourth-order valence-corrected chi connectivity index (χ4v) is 3.70. The molecule has 0 aliphatic carbocycles. The summed E-state index contributed by atoms with van der Waals surface area (Å²) in [4.78, 5) is 24.2. The summed E-state index contributed by atoms with van der Waals surface area (Å²) in [7, 11) is 0. The van der Waals surface area contributed by atoms with Crippen LogP contribution in [0.15, 0.2) is 90.8 Å². The van der Waals surface area contributed by atoms with Crippen LogP contribution in [0.5, 0.6) is 5.75 Å². The second kappa shape index (κ2) is 11.0. The van der Waals surface area contributed by atoms with Gasteiger partial charge in [-0.1, -0.05) is 42.5 Å². The number of carbonyl (C=O) groups excluding carboxylic acids is 1. The molecule has 0 spiro atoms. The van der Waals surface area contributed by atoms with Crippen LogP contribution in [0.1, 0.15) is 41.3 Å². The van der Waals surface area contributed by atoms with Crippen molar-refractivity contribution >= 4 is 23.3 Å². The summed E-state index contributed by atoms with van der Waals surface area (Å²) in [5.74, 6) is 0.212. The Kier molecular flexibility index (Phi) is 7.45. The molecular formula is C27H27N3O4. The van der Waals surface area contributed by atoms with Crippen molar-refractivity contribution in [3.63, 3.8) is 0 Å². The summed E-state index contributed by atoms with van der Waals surface area (Å²) in [6, 6.07) is 23.5. The van der Waals surface area contributed by atoms with Crippen LogP contribution in [0.3, 0.4) is 0 Å². The molecule has 4 N–H and O–H groups in total. The van der Waals surface area contributed by atoms with Crippen LogP contribution in [-0.4, -0.2) is 23.5 Å². The van der Waals surface area contributed by atoms with E-state index in [2.05, 4.69) is 22.0 Å². The molecular weight excluding hydrogens is 430 g/mol. The van der Waals surface area contributed by atoms with Crippen molar-refractivity contribution in [1.82, 2.24) is 5.32 Å². The molecule has 7 nitrogen and oxygen atoms in total. The van der Waals surface area contributed by atoms with Crippen LogP contribution >= 0.6 is 0 Å². The largest absolute Gasteiger partial charge is 0.485 e. The number of carboxylic acids is 1. The quantitative estimate of drug-likeness (QED) is 0.354. The van der Waals surface area contributed by atoms with Gasteiger partial charge in [-0.3, -0.25) is 9.59 Å². The van der Waals surface area contributed by atoms with E-state index in [1.165, 1.54) is 0 Å². The van der Waals surface area contributed by atoms with Crippen molar-refractivity contribution in [2.75, 3.05) is 17.2 Å². The summed E-state index contributed by atoms with van der Waals surface area (Å²) in [6.07, 6.45) is 3.42. The Labute approximate surface area is 198 Å². The molecule has 3 aromatic rings. The molecule has 1 heterocycles. The number of carboxylic acid groups (broad SMARTS) is 1. The van der Waals surface area contributed by atoms with Crippen LogP contribution in [-0.2, 0) is 4.79 Å². The molecule has 0 bridgehead atoms. The molecule has 7 heteroatoms. The Morgan fingerprint density at radius 2 is 1.76 bits per heavy atom. The number of ether oxygens (including phenoxy) is 1. The third-order valence-corrected chi connectivity index (χ3v) is 5.35. The van der Waals surface area contributed by atoms with E-state index >= 15 is 0 Å². The number of rotatable bonds is 9. The van der Waals surface area contributed by atoms with Gasteiger partial charge < -0.3 is 25.8 Å². The average molecular weight is 458 g/mol. The fourth-order valence-electron chi connectivity index (χ4n) is 3.70. The van der Waals surface area contributed by atoms with Crippen LogP contribution in [0.25, 0.3) is 0 Å². The third-order valence-electron chi connectivity index (χ3n) is 5.35. The number of nitrogens with one attached hydrogen (secondary N) is 3. The van der Waals surface area contributed by atoms with Crippen molar-refractivity contribution in [1.29, 1.82) is 0 Å². The maximum atomic E-state index is 12.9. The van der Waals surface area contributed by atoms with Crippen molar-refractivity contribution < 1.29 is 19.4 Å². The molecule has 1 aliphatic rings. The second-order valence-electron chi connectivity index (χ2n) is 7.99. The maximum absolute atomic E-state index is 12.9. The Hall–Kier alpha value is -4.26. The van der Waals surface area contributed by atoms with E-state index < -0.39 is 12.1 Å². The molecule has 1 unspecified atom stereocenters. The van der Waals surface area contributed by atoms with Crippen LogP contribution in [0, 0.1) is 0 Å². The van der Waals surface area contributed by atoms with Crippen molar-refractivity contribution in [3.05, 3.63) is 102 Å². The first-order chi connectivity index (χ1) is 16.6. The lowest BCUT2D eigenvalue weighted by molar-refractivity contribution is -0.138. The molecule has 3 aromatic carbocycles. The zero-order chi connectivity index (χ0) is 23.8. The molecule has 4 rings (SSSR count). The summed E-state index contributed by atoms with van der Waals surface area (Å²) in [5, 5.41) is 18.8. The summed E-state index contributed by atoms with van der Waals surface area (Å²) in [6.45, 7) is 0.926. The first kappa shape index (κ1) is 22.9. The van der Waals surface area contributed by atoms with Crippen LogP contribution in [0.4, 0.5) is 11.4 Å². The minimum atomic E-state index is -0.953. The highest BCUT2D eigenvalue weighted by Gasteiger charge is 2.18. The van der Waals surface area contributed by atoms with Gasteiger partial charge in [0, 0.05) is 29.5 Å². The summed E-state index contributed by atoms with van der Waals surface area (Å²) < 4.78 is 5.99. The number of hydrogen-bond donors (Lipinski definition) is 4. The number of carbonyl (C=O) groups is 2. The van der Waals surface area contributed by atoms with E-state index in [4.69, 9.17) is 4.74 Å². The molecule has 1 aliphatic heterocycles. The number of anilines is 2. The molecule has 0 radical (unpaired) electrons. The Bertz CT molecular complexity index is 1180. The molecule has 0 aromatic heterocycles. The molecule has 0 fully saturated rings. The predicted molar refractivity (Wildman–Crippen MR) is 132 cm³/mol. The van der Waals surface area contributed by atoms with Crippen LogP contribution in [0.2, 0.25) is 0 Å². The van der Waals surface area contributed by atoms with Crippen LogP contribution < -0.4 is 20.7 Å². The SMILES string of the molecule is O=C(O)CC(Oc1cccc(NC(=O)c2cccc(NC3=CCCCN3)c2)c1)c1ccccc1. The van der Waals surface area contributed by atoms with E-state index in [-0.39, 0.29) is 12.3 Å². The lowest BCUT2D eigenvalue weighted by atomic mass is 10.1. The minimum absolute atomic E-state index is 0.175. The lowest BCUT2D eigenvalue weighted by Gasteiger charge is -2.19. The normalized spacial score (nSPS) is 13.7. The Morgan fingerprint density at radius 1 is 0.971 bits per heavy atom. The van der Waals surface area contributed by atoms with Crippen molar-refractivity contribution in [3.8, 4) is 5.75 Å². The maximum Gasteiger partial charge on any atom is 0.307 e. The van der Waals surface area contributed by atoms with Gasteiger partial charge in [-0.05, 0) is 54.8 Å². The van der Waals surface area contributed by atoms with Gasteiger partial charge in [-0.2, -0.15) is 0 Å². The van der Waals surface area contributed by atoms with Crippen molar-refractivity contribution in [2.45, 2.75) is 25.4 Å². The molecule has 0 saturated heterocycles.